The summed E-state index contributed by atoms with van der Waals surface area (Å²) in [5.41, 5.74) is 1.36. The van der Waals surface area contributed by atoms with Gasteiger partial charge in [-0.05, 0) is 52.7 Å². The lowest BCUT2D eigenvalue weighted by Crippen LogP contribution is -2.13. The number of hydrogen-bond donors (Lipinski definition) is 1. The summed E-state index contributed by atoms with van der Waals surface area (Å²) in [5.74, 6) is -0.858. The van der Waals surface area contributed by atoms with Gasteiger partial charge in [0, 0.05) is 5.56 Å². The first-order valence-corrected chi connectivity index (χ1v) is 7.02. The van der Waals surface area contributed by atoms with Crippen LogP contribution in [0.5, 0.6) is 0 Å². The summed E-state index contributed by atoms with van der Waals surface area (Å²) in [7, 11) is 0. The maximum atomic E-state index is 13.1. The van der Waals surface area contributed by atoms with Crippen molar-refractivity contribution in [3.63, 3.8) is 0 Å². The average Bonchev–Trinajstić information content (AvgIpc) is 2.36. The van der Waals surface area contributed by atoms with Crippen LogP contribution in [0.15, 0.2) is 28.7 Å². The Labute approximate surface area is 133 Å². The minimum Gasteiger partial charge on any atom is -0.319 e. The van der Waals surface area contributed by atoms with Gasteiger partial charge in [0.25, 0.3) is 5.91 Å². The Bertz CT molecular complexity index is 671. The molecular formula is C13H8BrCl2FN2O. The van der Waals surface area contributed by atoms with E-state index < -0.39 is 11.7 Å². The first-order valence-electron chi connectivity index (χ1n) is 5.47. The van der Waals surface area contributed by atoms with Crippen molar-refractivity contribution >= 4 is 50.7 Å². The third-order valence-electron chi connectivity index (χ3n) is 2.56. The number of carbonyl (C=O) groups is 1. The fraction of sp³-hybridized carbons (Fsp3) is 0.0769. The molecule has 3 nitrogen and oxygen atoms in total. The van der Waals surface area contributed by atoms with E-state index in [-0.39, 0.29) is 14.8 Å². The molecule has 1 aromatic heterocycles. The van der Waals surface area contributed by atoms with Crippen molar-refractivity contribution in [1.29, 1.82) is 0 Å². The zero-order valence-electron chi connectivity index (χ0n) is 10.2. The third kappa shape index (κ3) is 3.29. The fourth-order valence-corrected chi connectivity index (χ4v) is 2.53. The van der Waals surface area contributed by atoms with Crippen molar-refractivity contribution in [2.75, 3.05) is 5.32 Å². The molecule has 0 saturated carbocycles. The summed E-state index contributed by atoms with van der Waals surface area (Å²) in [5, 5.41) is 2.98. The van der Waals surface area contributed by atoms with Crippen molar-refractivity contribution in [1.82, 2.24) is 4.98 Å². The normalized spacial score (nSPS) is 10.4. The van der Waals surface area contributed by atoms with Gasteiger partial charge in [-0.2, -0.15) is 0 Å². The molecule has 2 aromatic rings. The zero-order chi connectivity index (χ0) is 14.9. The molecule has 0 radical (unpaired) electrons. The molecule has 7 heteroatoms. The van der Waals surface area contributed by atoms with Crippen LogP contribution in [0.1, 0.15) is 15.9 Å². The van der Waals surface area contributed by atoms with Gasteiger partial charge in [-0.3, -0.25) is 4.79 Å². The van der Waals surface area contributed by atoms with Gasteiger partial charge >= 0.3 is 0 Å². The largest absolute Gasteiger partial charge is 0.319 e. The monoisotopic (exact) mass is 376 g/mol. The van der Waals surface area contributed by atoms with Crippen LogP contribution in [-0.4, -0.2) is 10.9 Å². The van der Waals surface area contributed by atoms with Gasteiger partial charge in [0.2, 0.25) is 0 Å². The van der Waals surface area contributed by atoms with Crippen LogP contribution in [0.3, 0.4) is 0 Å². The number of hydrogen-bond acceptors (Lipinski definition) is 2. The van der Waals surface area contributed by atoms with Crippen molar-refractivity contribution in [3.8, 4) is 0 Å². The first-order chi connectivity index (χ1) is 9.38. The van der Waals surface area contributed by atoms with Crippen molar-refractivity contribution < 1.29 is 9.18 Å². The van der Waals surface area contributed by atoms with Crippen molar-refractivity contribution in [2.24, 2.45) is 0 Å². The highest BCUT2D eigenvalue weighted by molar-refractivity contribution is 9.10. The summed E-state index contributed by atoms with van der Waals surface area (Å²) in [6.07, 6.45) is 0. The number of amides is 1. The first kappa shape index (κ1) is 15.2. The van der Waals surface area contributed by atoms with E-state index in [0.29, 0.717) is 16.8 Å². The maximum Gasteiger partial charge on any atom is 0.255 e. The Kier molecular flexibility index (Phi) is 4.62. The van der Waals surface area contributed by atoms with E-state index in [2.05, 4.69) is 26.2 Å². The summed E-state index contributed by atoms with van der Waals surface area (Å²) in [4.78, 5) is 16.0. The number of nitrogens with zero attached hydrogens (tertiary/aromatic N) is 1. The summed E-state index contributed by atoms with van der Waals surface area (Å²) in [6, 6.07) is 5.55. The Morgan fingerprint density at radius 1 is 1.35 bits per heavy atom. The van der Waals surface area contributed by atoms with Crippen LogP contribution in [0, 0.1) is 12.7 Å². The zero-order valence-corrected chi connectivity index (χ0v) is 13.3. The molecule has 0 aliphatic rings. The summed E-state index contributed by atoms with van der Waals surface area (Å²) >= 11 is 14.7. The Morgan fingerprint density at radius 3 is 2.65 bits per heavy atom. The second-order valence-corrected chi connectivity index (χ2v) is 5.61. The van der Waals surface area contributed by atoms with Crippen LogP contribution in [-0.2, 0) is 0 Å². The molecule has 104 valence electrons. The molecule has 1 N–H and O–H groups in total. The molecule has 1 aromatic carbocycles. The van der Waals surface area contributed by atoms with E-state index in [1.165, 1.54) is 18.2 Å². The van der Waals surface area contributed by atoms with Gasteiger partial charge in [0.1, 0.15) is 11.0 Å². The van der Waals surface area contributed by atoms with Crippen molar-refractivity contribution in [2.45, 2.75) is 6.92 Å². The number of carbonyl (C=O) groups excluding carboxylic acids is 1. The highest BCUT2D eigenvalue weighted by atomic mass is 79.9. The Balaban J connectivity index is 2.30. The van der Waals surface area contributed by atoms with Gasteiger partial charge in [0.15, 0.2) is 5.15 Å². The van der Waals surface area contributed by atoms with E-state index in [1.807, 2.05) is 0 Å². The Morgan fingerprint density at radius 2 is 2.05 bits per heavy atom. The molecular weight excluding hydrogens is 370 g/mol. The topological polar surface area (TPSA) is 42.0 Å². The van der Waals surface area contributed by atoms with Crippen LogP contribution < -0.4 is 5.32 Å². The fourth-order valence-electron chi connectivity index (χ4n) is 1.57. The predicted octanol–water partition coefficient (Wildman–Crippen LogP) is 4.85. The average molecular weight is 378 g/mol. The number of rotatable bonds is 2. The second-order valence-electron chi connectivity index (χ2n) is 4.01. The molecule has 0 atom stereocenters. The van der Waals surface area contributed by atoms with E-state index in [1.54, 1.807) is 13.0 Å². The van der Waals surface area contributed by atoms with E-state index in [4.69, 9.17) is 23.2 Å². The number of pyridine rings is 1. The molecule has 1 heterocycles. The van der Waals surface area contributed by atoms with Gasteiger partial charge < -0.3 is 5.32 Å². The van der Waals surface area contributed by atoms with Gasteiger partial charge in [-0.25, -0.2) is 9.37 Å². The molecule has 0 unspecified atom stereocenters. The quantitative estimate of drug-likeness (QED) is 0.760. The number of anilines is 1. The molecule has 0 aliphatic heterocycles. The molecule has 0 aliphatic carbocycles. The number of nitrogens with one attached hydrogen (secondary N) is 1. The minimum absolute atomic E-state index is 0.101. The van der Waals surface area contributed by atoms with Gasteiger partial charge in [0.05, 0.1) is 10.2 Å². The SMILES string of the molecule is Cc1cc(Cl)nc(Cl)c1NC(=O)c1ccc(F)c(Br)c1. The predicted molar refractivity (Wildman–Crippen MR) is 81.0 cm³/mol. The second kappa shape index (κ2) is 6.08. The van der Waals surface area contributed by atoms with Crippen LogP contribution >= 0.6 is 39.1 Å². The Hall–Kier alpha value is -1.17. The molecule has 0 spiro atoms. The molecule has 20 heavy (non-hydrogen) atoms. The third-order valence-corrected chi connectivity index (χ3v) is 3.64. The lowest BCUT2D eigenvalue weighted by atomic mass is 10.2. The minimum atomic E-state index is -0.441. The highest BCUT2D eigenvalue weighted by Crippen LogP contribution is 2.27. The molecule has 1 amide bonds. The number of benzene rings is 1. The molecule has 2 rings (SSSR count). The van der Waals surface area contributed by atoms with Crippen LogP contribution in [0.2, 0.25) is 10.3 Å². The van der Waals surface area contributed by atoms with Crippen molar-refractivity contribution in [3.05, 3.63) is 56.0 Å². The van der Waals surface area contributed by atoms with E-state index in [9.17, 15) is 9.18 Å². The molecule has 0 bridgehead atoms. The van der Waals surface area contributed by atoms with Gasteiger partial charge in [-0.1, -0.05) is 23.2 Å². The standard InChI is InChI=1S/C13H8BrCl2FN2O/c1-6-4-10(15)18-12(16)11(6)19-13(20)7-2-3-9(17)8(14)5-7/h2-5H,1H3,(H,19,20). The van der Waals surface area contributed by atoms with Crippen LogP contribution in [0.4, 0.5) is 10.1 Å². The number of aryl methyl sites for hydroxylation is 1. The lowest BCUT2D eigenvalue weighted by molar-refractivity contribution is 0.102. The number of aromatic nitrogens is 1. The van der Waals surface area contributed by atoms with Crippen LogP contribution in [0.25, 0.3) is 0 Å². The molecule has 0 saturated heterocycles. The summed E-state index contributed by atoms with van der Waals surface area (Å²) < 4.78 is 13.3. The van der Waals surface area contributed by atoms with E-state index in [0.717, 1.165) is 0 Å². The summed E-state index contributed by atoms with van der Waals surface area (Å²) in [6.45, 7) is 1.75. The molecule has 0 fully saturated rings. The highest BCUT2D eigenvalue weighted by Gasteiger charge is 2.13. The smallest absolute Gasteiger partial charge is 0.255 e. The lowest BCUT2D eigenvalue weighted by Gasteiger charge is -2.10. The van der Waals surface area contributed by atoms with E-state index >= 15 is 0 Å². The maximum absolute atomic E-state index is 13.1. The van der Waals surface area contributed by atoms with Gasteiger partial charge in [-0.15, -0.1) is 0 Å². The number of halogens is 4.